The van der Waals surface area contributed by atoms with E-state index in [0.29, 0.717) is 6.54 Å². The zero-order valence-corrected chi connectivity index (χ0v) is 12.7. The second-order valence-electron chi connectivity index (χ2n) is 5.72. The number of nitrogens with one attached hydrogen (secondary N) is 1. The highest BCUT2D eigenvalue weighted by atomic mass is 19.4. The third-order valence-electron chi connectivity index (χ3n) is 4.19. The number of halogens is 3. The molecule has 1 amide bonds. The Balaban J connectivity index is 1.82. The van der Waals surface area contributed by atoms with Crippen molar-refractivity contribution >= 4 is 5.91 Å². The summed E-state index contributed by atoms with van der Waals surface area (Å²) in [4.78, 5) is 29.1. The highest BCUT2D eigenvalue weighted by Crippen LogP contribution is 2.31. The van der Waals surface area contributed by atoms with Crippen LogP contribution in [0.25, 0.3) is 0 Å². The molecule has 2 aromatic heterocycles. The smallest absolute Gasteiger partial charge is 0.363 e. The molecule has 128 valence electrons. The minimum Gasteiger partial charge on any atom is -0.363 e. The molecule has 5 nitrogen and oxygen atoms in total. The van der Waals surface area contributed by atoms with E-state index in [0.717, 1.165) is 35.2 Å². The number of carbonyl (C=O) groups is 1. The van der Waals surface area contributed by atoms with E-state index < -0.39 is 23.8 Å². The number of carbonyl (C=O) groups excluding carboxylic acids is 1. The molecule has 1 unspecified atom stereocenters. The van der Waals surface area contributed by atoms with Gasteiger partial charge in [-0.2, -0.15) is 13.2 Å². The Morgan fingerprint density at radius 3 is 2.75 bits per heavy atom. The maximum atomic E-state index is 12.8. The van der Waals surface area contributed by atoms with E-state index in [1.54, 1.807) is 11.1 Å². The second kappa shape index (κ2) is 6.18. The molecule has 3 rings (SSSR count). The normalized spacial score (nSPS) is 18.1. The Morgan fingerprint density at radius 1 is 1.29 bits per heavy atom. The first kappa shape index (κ1) is 16.4. The number of aromatic nitrogens is 2. The van der Waals surface area contributed by atoms with E-state index >= 15 is 0 Å². The molecule has 0 bridgehead atoms. The minimum absolute atomic E-state index is 0.131. The number of hydrogen-bond acceptors (Lipinski definition) is 2. The number of alkyl halides is 3. The van der Waals surface area contributed by atoms with Gasteiger partial charge in [-0.25, -0.2) is 0 Å². The summed E-state index contributed by atoms with van der Waals surface area (Å²) in [6, 6.07) is 5.42. The monoisotopic (exact) mass is 339 g/mol. The third-order valence-corrected chi connectivity index (χ3v) is 4.19. The summed E-state index contributed by atoms with van der Waals surface area (Å²) in [5.41, 5.74) is -1.58. The number of pyridine rings is 1. The number of H-pyrrole nitrogens is 1. The average molecular weight is 339 g/mol. The maximum Gasteiger partial charge on any atom is 0.421 e. The molecule has 0 saturated carbocycles. The number of aromatic amines is 1. The molecule has 3 heterocycles. The van der Waals surface area contributed by atoms with Gasteiger partial charge in [-0.1, -0.05) is 0 Å². The van der Waals surface area contributed by atoms with Crippen molar-refractivity contribution in [2.45, 2.75) is 31.6 Å². The van der Waals surface area contributed by atoms with Gasteiger partial charge in [0.1, 0.15) is 12.1 Å². The first-order chi connectivity index (χ1) is 11.4. The van der Waals surface area contributed by atoms with Crippen molar-refractivity contribution < 1.29 is 18.0 Å². The first-order valence-electron chi connectivity index (χ1n) is 7.57. The summed E-state index contributed by atoms with van der Waals surface area (Å²) in [5.74, 6) is -0.367. The van der Waals surface area contributed by atoms with Gasteiger partial charge in [0.15, 0.2) is 0 Å². The van der Waals surface area contributed by atoms with Crippen molar-refractivity contribution in [2.75, 3.05) is 6.54 Å². The van der Waals surface area contributed by atoms with Gasteiger partial charge in [0, 0.05) is 24.6 Å². The van der Waals surface area contributed by atoms with E-state index in [1.807, 2.05) is 12.1 Å². The van der Waals surface area contributed by atoms with Gasteiger partial charge in [0.2, 0.25) is 5.91 Å². The SMILES string of the molecule is O=C(Cn1cccc(C(F)(F)F)c1=O)N1CCCC1c1ccc[nH]1. The molecule has 0 spiro atoms. The molecule has 24 heavy (non-hydrogen) atoms. The Morgan fingerprint density at radius 2 is 2.08 bits per heavy atom. The van der Waals surface area contributed by atoms with Gasteiger partial charge in [0.25, 0.3) is 5.56 Å². The van der Waals surface area contributed by atoms with Crippen molar-refractivity contribution in [3.63, 3.8) is 0 Å². The fourth-order valence-corrected chi connectivity index (χ4v) is 3.05. The Hall–Kier alpha value is -2.51. The number of amides is 1. The van der Waals surface area contributed by atoms with Gasteiger partial charge < -0.3 is 14.5 Å². The van der Waals surface area contributed by atoms with Crippen LogP contribution in [0, 0.1) is 0 Å². The third kappa shape index (κ3) is 3.08. The zero-order chi connectivity index (χ0) is 17.3. The van der Waals surface area contributed by atoms with Crippen LogP contribution in [0.1, 0.15) is 30.1 Å². The predicted molar refractivity (Wildman–Crippen MR) is 80.2 cm³/mol. The molecule has 1 aliphatic heterocycles. The number of hydrogen-bond donors (Lipinski definition) is 1. The standard InChI is InChI=1S/C16H16F3N3O2/c17-16(18,19)11-4-2-8-21(15(11)24)10-14(23)22-9-3-6-13(22)12-5-1-7-20-12/h1-2,4-5,7-8,13,20H,3,6,9-10H2. The molecular formula is C16H16F3N3O2. The molecule has 1 atom stereocenters. The van der Waals surface area contributed by atoms with Crippen LogP contribution in [0.3, 0.4) is 0 Å². The van der Waals surface area contributed by atoms with Crippen molar-refractivity contribution in [2.24, 2.45) is 0 Å². The van der Waals surface area contributed by atoms with Crippen LogP contribution in [0.4, 0.5) is 13.2 Å². The van der Waals surface area contributed by atoms with Gasteiger partial charge in [-0.3, -0.25) is 9.59 Å². The van der Waals surface area contributed by atoms with Crippen molar-refractivity contribution in [3.8, 4) is 0 Å². The lowest BCUT2D eigenvalue weighted by Gasteiger charge is -2.24. The van der Waals surface area contributed by atoms with Crippen LogP contribution in [-0.4, -0.2) is 26.9 Å². The maximum absolute atomic E-state index is 12.8. The summed E-state index contributed by atoms with van der Waals surface area (Å²) in [6.45, 7) is 0.121. The summed E-state index contributed by atoms with van der Waals surface area (Å²) >= 11 is 0. The van der Waals surface area contributed by atoms with Crippen LogP contribution in [-0.2, 0) is 17.5 Å². The number of rotatable bonds is 3. The highest BCUT2D eigenvalue weighted by Gasteiger charge is 2.35. The molecule has 1 saturated heterocycles. The molecule has 8 heteroatoms. The fraction of sp³-hybridized carbons (Fsp3) is 0.375. The van der Waals surface area contributed by atoms with E-state index in [-0.39, 0.29) is 11.9 Å². The second-order valence-corrected chi connectivity index (χ2v) is 5.72. The number of nitrogens with zero attached hydrogens (tertiary/aromatic N) is 2. The lowest BCUT2D eigenvalue weighted by atomic mass is 10.1. The van der Waals surface area contributed by atoms with Crippen LogP contribution < -0.4 is 5.56 Å². The molecule has 1 N–H and O–H groups in total. The van der Waals surface area contributed by atoms with Crippen LogP contribution in [0.5, 0.6) is 0 Å². The summed E-state index contributed by atoms with van der Waals surface area (Å²) in [6.07, 6.45) is -0.178. The van der Waals surface area contributed by atoms with Crippen molar-refractivity contribution in [3.05, 3.63) is 58.3 Å². The van der Waals surface area contributed by atoms with Gasteiger partial charge >= 0.3 is 6.18 Å². The van der Waals surface area contributed by atoms with Crippen molar-refractivity contribution in [1.29, 1.82) is 0 Å². The quantitative estimate of drug-likeness (QED) is 0.934. The Labute approximate surface area is 135 Å². The average Bonchev–Trinajstić information content (AvgIpc) is 3.18. The fourth-order valence-electron chi connectivity index (χ4n) is 3.05. The predicted octanol–water partition coefficient (Wildman–Crippen LogP) is 2.56. The largest absolute Gasteiger partial charge is 0.421 e. The Kier molecular flexibility index (Phi) is 4.21. The molecule has 0 radical (unpaired) electrons. The molecular weight excluding hydrogens is 323 g/mol. The molecule has 0 aliphatic carbocycles. The Bertz CT molecular complexity index is 781. The van der Waals surface area contributed by atoms with E-state index in [2.05, 4.69) is 4.98 Å². The molecule has 1 fully saturated rings. The van der Waals surface area contributed by atoms with E-state index in [1.165, 1.54) is 6.20 Å². The van der Waals surface area contributed by atoms with Crippen LogP contribution in [0.2, 0.25) is 0 Å². The van der Waals surface area contributed by atoms with Gasteiger partial charge in [-0.05, 0) is 37.1 Å². The summed E-state index contributed by atoms with van der Waals surface area (Å²) < 4.78 is 39.2. The topological polar surface area (TPSA) is 58.1 Å². The minimum atomic E-state index is -4.73. The van der Waals surface area contributed by atoms with E-state index in [4.69, 9.17) is 0 Å². The molecule has 0 aromatic carbocycles. The number of likely N-dealkylation sites (tertiary alicyclic amines) is 1. The van der Waals surface area contributed by atoms with E-state index in [9.17, 15) is 22.8 Å². The molecule has 2 aromatic rings. The zero-order valence-electron chi connectivity index (χ0n) is 12.7. The van der Waals surface area contributed by atoms with Crippen LogP contribution >= 0.6 is 0 Å². The van der Waals surface area contributed by atoms with Gasteiger partial charge in [-0.15, -0.1) is 0 Å². The van der Waals surface area contributed by atoms with Crippen molar-refractivity contribution in [1.82, 2.24) is 14.5 Å². The van der Waals surface area contributed by atoms with Crippen LogP contribution in [0.15, 0.2) is 41.5 Å². The van der Waals surface area contributed by atoms with Gasteiger partial charge in [0.05, 0.1) is 6.04 Å². The first-order valence-corrected chi connectivity index (χ1v) is 7.57. The highest BCUT2D eigenvalue weighted by molar-refractivity contribution is 5.76. The molecule has 1 aliphatic rings. The summed E-state index contributed by atoms with van der Waals surface area (Å²) in [5, 5.41) is 0. The lowest BCUT2D eigenvalue weighted by molar-refractivity contribution is -0.139. The summed E-state index contributed by atoms with van der Waals surface area (Å²) in [7, 11) is 0. The lowest BCUT2D eigenvalue weighted by Crippen LogP contribution is -2.37.